The molecule has 32 heavy (non-hydrogen) atoms. The van der Waals surface area contributed by atoms with E-state index in [9.17, 15) is 9.59 Å². The summed E-state index contributed by atoms with van der Waals surface area (Å²) < 4.78 is 17.2. The van der Waals surface area contributed by atoms with Gasteiger partial charge in [-0.15, -0.1) is 0 Å². The molecule has 0 saturated carbocycles. The monoisotopic (exact) mass is 440 g/mol. The van der Waals surface area contributed by atoms with Gasteiger partial charge in [0.15, 0.2) is 0 Å². The number of carboxylic acid groups (broad SMARTS) is 1. The summed E-state index contributed by atoms with van der Waals surface area (Å²) in [6.45, 7) is 4.58. The second-order valence-corrected chi connectivity index (χ2v) is 7.93. The van der Waals surface area contributed by atoms with Gasteiger partial charge in [-0.25, -0.2) is 9.59 Å². The number of amides is 1. The Bertz CT molecular complexity index is 961. The first-order valence-corrected chi connectivity index (χ1v) is 10.9. The van der Waals surface area contributed by atoms with Crippen molar-refractivity contribution in [1.82, 2.24) is 10.2 Å². The Morgan fingerprint density at radius 3 is 2.66 bits per heavy atom. The number of esters is 1. The van der Waals surface area contributed by atoms with E-state index < -0.39 is 18.2 Å². The lowest BCUT2D eigenvalue weighted by Crippen LogP contribution is -2.29. The molecule has 2 aromatic carbocycles. The number of nitrogens with zero attached hydrogens (tertiary/aromatic N) is 1. The van der Waals surface area contributed by atoms with E-state index in [4.69, 9.17) is 19.3 Å². The number of nitrogens with one attached hydrogen (secondary N) is 1. The third-order valence-corrected chi connectivity index (χ3v) is 5.72. The number of hydrogen-bond acceptors (Lipinski definition) is 6. The lowest BCUT2D eigenvalue weighted by atomic mass is 10.0. The number of fused-ring (bicyclic) bond motifs is 1. The van der Waals surface area contributed by atoms with Crippen molar-refractivity contribution in [3.05, 3.63) is 59.2 Å². The van der Waals surface area contributed by atoms with Gasteiger partial charge in [-0.1, -0.05) is 18.2 Å². The zero-order chi connectivity index (χ0) is 22.5. The lowest BCUT2D eigenvalue weighted by Gasteiger charge is -2.21. The fraction of sp³-hybridized carbons (Fsp3) is 0.417. The zero-order valence-electron chi connectivity index (χ0n) is 18.1. The highest BCUT2D eigenvalue weighted by molar-refractivity contribution is 5.77. The highest BCUT2D eigenvalue weighted by atomic mass is 16.6. The number of likely N-dealkylation sites (tertiary alicyclic amines) is 1. The molecule has 2 aliphatic heterocycles. The molecule has 0 aromatic heterocycles. The van der Waals surface area contributed by atoms with Crippen molar-refractivity contribution in [2.24, 2.45) is 0 Å². The molecule has 1 fully saturated rings. The van der Waals surface area contributed by atoms with E-state index in [2.05, 4.69) is 5.32 Å². The smallest absolute Gasteiger partial charge is 0.407 e. The van der Waals surface area contributed by atoms with Gasteiger partial charge in [0.1, 0.15) is 17.6 Å². The van der Waals surface area contributed by atoms with Crippen molar-refractivity contribution in [3.8, 4) is 11.5 Å². The topological polar surface area (TPSA) is 97.3 Å². The van der Waals surface area contributed by atoms with Crippen LogP contribution >= 0.6 is 0 Å². The third kappa shape index (κ3) is 5.13. The minimum atomic E-state index is -0.932. The number of hydrogen-bond donors (Lipinski definition) is 2. The molecule has 0 aliphatic carbocycles. The summed E-state index contributed by atoms with van der Waals surface area (Å²) in [5.74, 6) is 0.781. The van der Waals surface area contributed by atoms with Crippen LogP contribution in [0, 0.1) is 0 Å². The Labute approximate surface area is 187 Å². The molecule has 8 heteroatoms. The van der Waals surface area contributed by atoms with Gasteiger partial charge in [0.2, 0.25) is 6.10 Å². The van der Waals surface area contributed by atoms with Crippen LogP contribution < -0.4 is 14.8 Å². The van der Waals surface area contributed by atoms with E-state index in [-0.39, 0.29) is 12.7 Å². The summed E-state index contributed by atoms with van der Waals surface area (Å²) in [5.41, 5.74) is 3.12. The fourth-order valence-corrected chi connectivity index (χ4v) is 4.05. The molecule has 0 bridgehead atoms. The first-order valence-electron chi connectivity index (χ1n) is 10.9. The van der Waals surface area contributed by atoms with Crippen molar-refractivity contribution in [3.63, 3.8) is 0 Å². The molecule has 1 amide bonds. The minimum Gasteiger partial charge on any atom is -0.489 e. The summed E-state index contributed by atoms with van der Waals surface area (Å²) in [4.78, 5) is 25.1. The molecule has 4 rings (SSSR count). The van der Waals surface area contributed by atoms with Crippen molar-refractivity contribution in [2.75, 3.05) is 26.2 Å². The molecule has 2 atom stereocenters. The van der Waals surface area contributed by atoms with Crippen molar-refractivity contribution < 1.29 is 28.9 Å². The van der Waals surface area contributed by atoms with E-state index >= 15 is 0 Å². The zero-order valence-corrected chi connectivity index (χ0v) is 18.1. The maximum Gasteiger partial charge on any atom is 0.407 e. The van der Waals surface area contributed by atoms with E-state index in [1.165, 1.54) is 16.0 Å². The van der Waals surface area contributed by atoms with E-state index in [0.29, 0.717) is 36.6 Å². The molecule has 2 N–H and O–H groups in total. The molecule has 0 spiro atoms. The molecule has 2 heterocycles. The SMILES string of the molecule is CCOC(=O)C(Oc1ccc2c(c1)CNCC2)c1ccc(O[C@H]2CCN(C(=O)O)C2)cc1. The Morgan fingerprint density at radius 1 is 1.16 bits per heavy atom. The van der Waals surface area contributed by atoms with Crippen LogP contribution in [0.5, 0.6) is 11.5 Å². The summed E-state index contributed by atoms with van der Waals surface area (Å²) >= 11 is 0. The summed E-state index contributed by atoms with van der Waals surface area (Å²) in [6, 6.07) is 13.0. The number of benzene rings is 2. The molecular formula is C24H28N2O6. The Morgan fingerprint density at radius 2 is 1.94 bits per heavy atom. The van der Waals surface area contributed by atoms with Crippen LogP contribution in [0.1, 0.15) is 36.1 Å². The summed E-state index contributed by atoms with van der Waals surface area (Å²) in [6.07, 6.45) is -0.385. The van der Waals surface area contributed by atoms with Crippen LogP contribution in [0.3, 0.4) is 0 Å². The number of rotatable bonds is 7. The third-order valence-electron chi connectivity index (χ3n) is 5.72. The molecule has 2 aliphatic rings. The quantitative estimate of drug-likeness (QED) is 0.639. The summed E-state index contributed by atoms with van der Waals surface area (Å²) in [5, 5.41) is 12.4. The molecule has 8 nitrogen and oxygen atoms in total. The van der Waals surface area contributed by atoms with Crippen LogP contribution in [0.4, 0.5) is 4.79 Å². The molecular weight excluding hydrogens is 412 g/mol. The Balaban J connectivity index is 1.47. The van der Waals surface area contributed by atoms with Gasteiger partial charge < -0.3 is 29.5 Å². The van der Waals surface area contributed by atoms with Gasteiger partial charge in [-0.3, -0.25) is 0 Å². The van der Waals surface area contributed by atoms with Crippen LogP contribution in [-0.2, 0) is 22.5 Å². The second-order valence-electron chi connectivity index (χ2n) is 7.93. The standard InChI is InChI=1S/C24H28N2O6/c1-2-30-23(27)22(32-20-8-3-16-9-11-25-14-18(16)13-20)17-4-6-19(7-5-17)31-21-10-12-26(15-21)24(28)29/h3-8,13,21-22,25H,2,9-12,14-15H2,1H3,(H,28,29)/t21-,22?/m0/s1. The summed E-state index contributed by atoms with van der Waals surface area (Å²) in [7, 11) is 0. The van der Waals surface area contributed by atoms with E-state index in [1.807, 2.05) is 18.2 Å². The fourth-order valence-electron chi connectivity index (χ4n) is 4.05. The predicted molar refractivity (Wildman–Crippen MR) is 117 cm³/mol. The number of carbonyl (C=O) groups excluding carboxylic acids is 1. The minimum absolute atomic E-state index is 0.182. The molecule has 1 unspecified atom stereocenters. The van der Waals surface area contributed by atoms with Crippen LogP contribution in [-0.4, -0.2) is 54.4 Å². The maximum atomic E-state index is 12.6. The van der Waals surface area contributed by atoms with Gasteiger partial charge in [0, 0.05) is 25.1 Å². The highest BCUT2D eigenvalue weighted by Crippen LogP contribution is 2.28. The lowest BCUT2D eigenvalue weighted by molar-refractivity contribution is -0.151. The first kappa shape index (κ1) is 22.0. The average molecular weight is 440 g/mol. The van der Waals surface area contributed by atoms with Gasteiger partial charge in [-0.2, -0.15) is 0 Å². The molecule has 1 saturated heterocycles. The second kappa shape index (κ2) is 9.91. The number of carbonyl (C=O) groups is 2. The first-order chi connectivity index (χ1) is 15.5. The Kier molecular flexibility index (Phi) is 6.80. The largest absolute Gasteiger partial charge is 0.489 e. The van der Waals surface area contributed by atoms with Gasteiger partial charge in [0.05, 0.1) is 13.2 Å². The maximum absolute atomic E-state index is 12.6. The van der Waals surface area contributed by atoms with Crippen LogP contribution in [0.25, 0.3) is 0 Å². The Hall–Kier alpha value is -3.26. The highest BCUT2D eigenvalue weighted by Gasteiger charge is 2.28. The molecule has 2 aromatic rings. The van der Waals surface area contributed by atoms with Crippen molar-refractivity contribution in [2.45, 2.75) is 38.5 Å². The molecule has 0 radical (unpaired) electrons. The van der Waals surface area contributed by atoms with Crippen molar-refractivity contribution in [1.29, 1.82) is 0 Å². The normalized spacial score (nSPS) is 18.5. The van der Waals surface area contributed by atoms with Gasteiger partial charge >= 0.3 is 12.1 Å². The van der Waals surface area contributed by atoms with Crippen molar-refractivity contribution >= 4 is 12.1 Å². The van der Waals surface area contributed by atoms with Gasteiger partial charge in [0.25, 0.3) is 0 Å². The molecule has 170 valence electrons. The van der Waals surface area contributed by atoms with E-state index in [0.717, 1.165) is 19.5 Å². The van der Waals surface area contributed by atoms with E-state index in [1.54, 1.807) is 31.2 Å². The van der Waals surface area contributed by atoms with Gasteiger partial charge in [-0.05, 0) is 55.3 Å². The average Bonchev–Trinajstić information content (AvgIpc) is 3.27. The number of ether oxygens (including phenoxy) is 3. The van der Waals surface area contributed by atoms with Crippen LogP contribution in [0.15, 0.2) is 42.5 Å². The predicted octanol–water partition coefficient (Wildman–Crippen LogP) is 3.15. The van der Waals surface area contributed by atoms with Crippen LogP contribution in [0.2, 0.25) is 0 Å².